The fraction of sp³-hybridized carbons (Fsp3) is 0.357. The number of benzene rings is 1. The van der Waals surface area contributed by atoms with E-state index in [1.54, 1.807) is 13.3 Å². The molecule has 0 radical (unpaired) electrons. The van der Waals surface area contributed by atoms with Gasteiger partial charge in [-0.05, 0) is 5.56 Å². The Morgan fingerprint density at radius 3 is 2.70 bits per heavy atom. The number of hydrogen-bond acceptors (Lipinski definition) is 3. The van der Waals surface area contributed by atoms with Crippen LogP contribution in [-0.4, -0.2) is 53.8 Å². The quantitative estimate of drug-likeness (QED) is 0.516. The fourth-order valence-corrected chi connectivity index (χ4v) is 2.04. The van der Waals surface area contributed by atoms with E-state index in [9.17, 15) is 0 Å². The average Bonchev–Trinajstić information content (AvgIpc) is 3.01. The molecule has 0 saturated heterocycles. The second kappa shape index (κ2) is 6.70. The van der Waals surface area contributed by atoms with Crippen molar-refractivity contribution in [2.75, 3.05) is 32.6 Å². The minimum atomic E-state index is 0.716. The number of aromatic amines is 1. The van der Waals surface area contributed by atoms with Crippen molar-refractivity contribution in [1.29, 1.82) is 0 Å². The second-order valence-corrected chi connectivity index (χ2v) is 4.53. The van der Waals surface area contributed by atoms with Gasteiger partial charge in [0, 0.05) is 6.42 Å². The summed E-state index contributed by atoms with van der Waals surface area (Å²) in [7, 11) is 5.55. The summed E-state index contributed by atoms with van der Waals surface area (Å²) >= 11 is 0. The third-order valence-electron chi connectivity index (χ3n) is 3.12. The molecule has 0 unspecified atom stereocenters. The predicted octanol–water partition coefficient (Wildman–Crippen LogP) is 1.13. The molecule has 0 aliphatic carbocycles. The first-order valence-corrected chi connectivity index (χ1v) is 6.48. The van der Waals surface area contributed by atoms with E-state index in [-0.39, 0.29) is 0 Å². The van der Waals surface area contributed by atoms with E-state index in [2.05, 4.69) is 44.3 Å². The zero-order chi connectivity index (χ0) is 14.4. The molecule has 1 heterocycles. The first-order chi connectivity index (χ1) is 9.72. The highest BCUT2D eigenvalue weighted by atomic mass is 16.5. The molecule has 0 aliphatic rings. The number of likely N-dealkylation sites (N-methyl/N-ethyl adjacent to an activating group) is 1. The lowest BCUT2D eigenvalue weighted by molar-refractivity contribution is -0.506. The van der Waals surface area contributed by atoms with Crippen LogP contribution in [0.2, 0.25) is 0 Å². The summed E-state index contributed by atoms with van der Waals surface area (Å²) in [4.78, 5) is 1.86. The van der Waals surface area contributed by atoms with E-state index in [1.165, 1.54) is 5.56 Å². The molecule has 6 heteroatoms. The van der Waals surface area contributed by atoms with Crippen molar-refractivity contribution in [3.63, 3.8) is 0 Å². The zero-order valence-corrected chi connectivity index (χ0v) is 12.1. The van der Waals surface area contributed by atoms with Gasteiger partial charge < -0.3 is 4.74 Å². The lowest BCUT2D eigenvalue weighted by atomic mass is 10.1. The minimum absolute atomic E-state index is 0.716. The standard InChI is InChI=1S/C14H20N5O/c1-18(10-9-12-7-5-4-6-8-12)14(20-3)19(2)13-11-15-17-16-13/h4-8,11H,9-10H2,1-3H3,(H,15,16,17)/q+1. The van der Waals surface area contributed by atoms with Crippen molar-refractivity contribution in [3.8, 4) is 0 Å². The van der Waals surface area contributed by atoms with E-state index in [1.807, 2.05) is 25.1 Å². The van der Waals surface area contributed by atoms with E-state index < -0.39 is 0 Å². The van der Waals surface area contributed by atoms with Gasteiger partial charge in [-0.25, -0.2) is 4.58 Å². The number of nitrogens with zero attached hydrogens (tertiary/aromatic N) is 4. The molecule has 0 atom stereocenters. The zero-order valence-electron chi connectivity index (χ0n) is 12.1. The van der Waals surface area contributed by atoms with Gasteiger partial charge in [0.1, 0.15) is 6.20 Å². The lowest BCUT2D eigenvalue weighted by Gasteiger charge is -2.12. The largest absolute Gasteiger partial charge is 0.452 e. The molecule has 106 valence electrons. The molecule has 0 aliphatic heterocycles. The third kappa shape index (κ3) is 3.34. The van der Waals surface area contributed by atoms with E-state index >= 15 is 0 Å². The topological polar surface area (TPSA) is 57.0 Å². The van der Waals surface area contributed by atoms with Crippen LogP contribution >= 0.6 is 0 Å². The van der Waals surface area contributed by atoms with Crippen molar-refractivity contribution >= 4 is 11.8 Å². The normalized spacial score (nSPS) is 11.9. The minimum Gasteiger partial charge on any atom is -0.435 e. The highest BCUT2D eigenvalue weighted by Gasteiger charge is 2.22. The maximum absolute atomic E-state index is 5.47. The first-order valence-electron chi connectivity index (χ1n) is 6.48. The number of methoxy groups -OCH3 is 1. The van der Waals surface area contributed by atoms with Crippen molar-refractivity contribution in [3.05, 3.63) is 42.1 Å². The molecule has 0 spiro atoms. The van der Waals surface area contributed by atoms with Gasteiger partial charge in [0.05, 0.1) is 27.7 Å². The molecular formula is C14H20N5O+. The highest BCUT2D eigenvalue weighted by Crippen LogP contribution is 2.06. The van der Waals surface area contributed by atoms with Crippen LogP contribution in [0.3, 0.4) is 0 Å². The fourth-order valence-electron chi connectivity index (χ4n) is 2.04. The molecule has 0 saturated carbocycles. The van der Waals surface area contributed by atoms with Crippen LogP contribution in [0, 0.1) is 0 Å². The maximum Gasteiger partial charge on any atom is 0.452 e. The average molecular weight is 274 g/mol. The molecule has 6 nitrogen and oxygen atoms in total. The van der Waals surface area contributed by atoms with Gasteiger partial charge in [0.2, 0.25) is 0 Å². The van der Waals surface area contributed by atoms with Crippen LogP contribution in [0.1, 0.15) is 5.56 Å². The van der Waals surface area contributed by atoms with Crippen LogP contribution < -0.4 is 4.90 Å². The summed E-state index contributed by atoms with van der Waals surface area (Å²) in [5, 5.41) is 10.5. The molecule has 0 fully saturated rings. The predicted molar refractivity (Wildman–Crippen MR) is 78.0 cm³/mol. The number of ether oxygens (including phenoxy) is 1. The molecular weight excluding hydrogens is 254 g/mol. The third-order valence-corrected chi connectivity index (χ3v) is 3.12. The summed E-state index contributed by atoms with van der Waals surface area (Å²) in [6, 6.07) is 11.1. The van der Waals surface area contributed by atoms with Crippen LogP contribution in [0.25, 0.3) is 0 Å². The summed E-state index contributed by atoms with van der Waals surface area (Å²) in [5.74, 6) is 0.716. The monoisotopic (exact) mass is 274 g/mol. The lowest BCUT2D eigenvalue weighted by Crippen LogP contribution is -2.36. The molecule has 1 aromatic heterocycles. The Morgan fingerprint density at radius 2 is 2.10 bits per heavy atom. The number of nitrogens with one attached hydrogen (secondary N) is 1. The number of rotatable bonds is 4. The van der Waals surface area contributed by atoms with Crippen LogP contribution in [0.5, 0.6) is 0 Å². The van der Waals surface area contributed by atoms with Gasteiger partial charge in [-0.1, -0.05) is 30.3 Å². The Morgan fingerprint density at radius 1 is 1.35 bits per heavy atom. The number of H-pyrrole nitrogens is 1. The van der Waals surface area contributed by atoms with E-state index in [0.29, 0.717) is 5.82 Å². The van der Waals surface area contributed by atoms with Gasteiger partial charge in [-0.3, -0.25) is 0 Å². The Kier molecular flexibility index (Phi) is 4.70. The Hall–Kier alpha value is -2.37. The van der Waals surface area contributed by atoms with Gasteiger partial charge in [-0.2, -0.15) is 15.2 Å². The number of amidine groups is 1. The maximum atomic E-state index is 5.47. The smallest absolute Gasteiger partial charge is 0.435 e. The molecule has 1 N–H and O–H groups in total. The van der Waals surface area contributed by atoms with Gasteiger partial charge >= 0.3 is 6.02 Å². The Balaban J connectivity index is 2.07. The molecule has 20 heavy (non-hydrogen) atoms. The van der Waals surface area contributed by atoms with Crippen molar-refractivity contribution < 1.29 is 9.31 Å². The SMILES string of the molecule is COC(N(C)c1cn[nH]n1)=[N+](C)CCc1ccccc1. The Labute approximate surface area is 118 Å². The molecule has 2 rings (SSSR count). The van der Waals surface area contributed by atoms with Crippen LogP contribution in [-0.2, 0) is 11.2 Å². The van der Waals surface area contributed by atoms with Crippen molar-refractivity contribution in [2.24, 2.45) is 0 Å². The highest BCUT2D eigenvalue weighted by molar-refractivity contribution is 5.85. The second-order valence-electron chi connectivity index (χ2n) is 4.53. The van der Waals surface area contributed by atoms with Crippen molar-refractivity contribution in [2.45, 2.75) is 6.42 Å². The first kappa shape index (κ1) is 14.0. The van der Waals surface area contributed by atoms with Crippen LogP contribution in [0.4, 0.5) is 5.82 Å². The van der Waals surface area contributed by atoms with Gasteiger partial charge in [0.25, 0.3) is 5.82 Å². The summed E-state index contributed by atoms with van der Waals surface area (Å²) in [6.45, 7) is 0.857. The van der Waals surface area contributed by atoms with Crippen molar-refractivity contribution in [1.82, 2.24) is 15.4 Å². The van der Waals surface area contributed by atoms with Crippen LogP contribution in [0.15, 0.2) is 36.5 Å². The number of hydrogen-bond donors (Lipinski definition) is 1. The number of aromatic nitrogens is 3. The summed E-state index contributed by atoms with van der Waals surface area (Å²) in [5.41, 5.74) is 1.30. The Bertz CT molecular complexity index is 550. The van der Waals surface area contributed by atoms with E-state index in [4.69, 9.17) is 4.74 Å². The molecule has 1 aromatic carbocycles. The van der Waals surface area contributed by atoms with Gasteiger partial charge in [0.15, 0.2) is 0 Å². The molecule has 0 amide bonds. The number of anilines is 1. The van der Waals surface area contributed by atoms with Gasteiger partial charge in [-0.15, -0.1) is 5.10 Å². The molecule has 0 bridgehead atoms. The van der Waals surface area contributed by atoms with E-state index in [0.717, 1.165) is 19.0 Å². The molecule has 2 aromatic rings. The summed E-state index contributed by atoms with van der Waals surface area (Å²) in [6.07, 6.45) is 2.61. The summed E-state index contributed by atoms with van der Waals surface area (Å²) < 4.78 is 7.53.